The molecular formula is C29H25N3O4S. The molecule has 8 heteroatoms. The molecule has 1 N–H and O–H groups in total. The lowest BCUT2D eigenvalue weighted by Crippen LogP contribution is -2.21. The maximum atomic E-state index is 13.6. The lowest BCUT2D eigenvalue weighted by atomic mass is 10.1. The highest BCUT2D eigenvalue weighted by Gasteiger charge is 2.18. The zero-order valence-corrected chi connectivity index (χ0v) is 21.5. The van der Waals surface area contributed by atoms with E-state index in [-0.39, 0.29) is 17.0 Å². The van der Waals surface area contributed by atoms with E-state index in [0.29, 0.717) is 33.3 Å². The minimum absolute atomic E-state index is 0.151. The van der Waals surface area contributed by atoms with Gasteiger partial charge in [-0.05, 0) is 30.7 Å². The SMILES string of the molecule is CCc1sc(NC(=O)c2cc3cccc(OC)c3oc2=Nc2cccc(OC)c2)nc1-c1ccccc1. The average molecular weight is 512 g/mol. The zero-order valence-electron chi connectivity index (χ0n) is 20.6. The first-order valence-electron chi connectivity index (χ1n) is 11.8. The Balaban J connectivity index is 1.60. The average Bonchev–Trinajstić information content (AvgIpc) is 3.35. The van der Waals surface area contributed by atoms with Gasteiger partial charge in [0.05, 0.1) is 25.6 Å². The number of para-hydroxylation sites is 1. The van der Waals surface area contributed by atoms with Crippen molar-refractivity contribution in [3.63, 3.8) is 0 Å². The zero-order chi connectivity index (χ0) is 25.8. The number of thiazole rings is 1. The Labute approximate surface area is 218 Å². The molecule has 2 heterocycles. The fraction of sp³-hybridized carbons (Fsp3) is 0.138. The van der Waals surface area contributed by atoms with Gasteiger partial charge in [0.15, 0.2) is 16.5 Å². The number of fused-ring (bicyclic) bond motifs is 1. The molecule has 0 unspecified atom stereocenters. The highest BCUT2D eigenvalue weighted by Crippen LogP contribution is 2.32. The van der Waals surface area contributed by atoms with E-state index in [4.69, 9.17) is 18.9 Å². The number of aromatic nitrogens is 1. The van der Waals surface area contributed by atoms with E-state index < -0.39 is 0 Å². The number of carbonyl (C=O) groups is 1. The Morgan fingerprint density at radius 2 is 1.81 bits per heavy atom. The molecule has 3 aromatic carbocycles. The molecule has 186 valence electrons. The van der Waals surface area contributed by atoms with Crippen molar-refractivity contribution >= 4 is 39.0 Å². The third-order valence-corrected chi connectivity index (χ3v) is 6.89. The molecule has 0 atom stereocenters. The lowest BCUT2D eigenvalue weighted by Gasteiger charge is -2.08. The summed E-state index contributed by atoms with van der Waals surface area (Å²) in [7, 11) is 3.16. The number of benzene rings is 3. The number of methoxy groups -OCH3 is 2. The minimum Gasteiger partial charge on any atom is -0.497 e. The summed E-state index contributed by atoms with van der Waals surface area (Å²) in [6, 6.07) is 24.4. The van der Waals surface area contributed by atoms with Gasteiger partial charge in [0.25, 0.3) is 5.91 Å². The Morgan fingerprint density at radius 1 is 1.00 bits per heavy atom. The number of ether oxygens (including phenoxy) is 2. The van der Waals surface area contributed by atoms with Crippen molar-refractivity contribution in [2.75, 3.05) is 19.5 Å². The first kappa shape index (κ1) is 24.3. The minimum atomic E-state index is -0.369. The van der Waals surface area contributed by atoms with Gasteiger partial charge in [0.2, 0.25) is 5.55 Å². The molecule has 5 aromatic rings. The predicted octanol–water partition coefficient (Wildman–Crippen LogP) is 6.62. The van der Waals surface area contributed by atoms with Gasteiger partial charge < -0.3 is 13.9 Å². The third kappa shape index (κ3) is 5.10. The number of nitrogens with one attached hydrogen (secondary N) is 1. The number of aryl methyl sites for hydroxylation is 1. The van der Waals surface area contributed by atoms with E-state index in [1.165, 1.54) is 11.3 Å². The monoisotopic (exact) mass is 511 g/mol. The highest BCUT2D eigenvalue weighted by molar-refractivity contribution is 7.16. The quantitative estimate of drug-likeness (QED) is 0.265. The van der Waals surface area contributed by atoms with Gasteiger partial charge >= 0.3 is 0 Å². The van der Waals surface area contributed by atoms with Crippen molar-refractivity contribution in [2.24, 2.45) is 4.99 Å². The first-order chi connectivity index (χ1) is 18.1. The van der Waals surface area contributed by atoms with Crippen LogP contribution < -0.4 is 20.3 Å². The molecule has 0 bridgehead atoms. The molecule has 2 aromatic heterocycles. The second-order valence-corrected chi connectivity index (χ2v) is 9.21. The third-order valence-electron chi connectivity index (χ3n) is 5.77. The van der Waals surface area contributed by atoms with Crippen LogP contribution in [0.3, 0.4) is 0 Å². The largest absolute Gasteiger partial charge is 0.497 e. The van der Waals surface area contributed by atoms with E-state index in [9.17, 15) is 4.79 Å². The van der Waals surface area contributed by atoms with Gasteiger partial charge in [-0.15, -0.1) is 11.3 Å². The fourth-order valence-electron chi connectivity index (χ4n) is 3.96. The normalized spacial score (nSPS) is 11.5. The standard InChI is InChI=1S/C29H25N3O4S/c1-4-24-25(18-10-6-5-7-11-18)31-29(37-24)32-27(33)22-16-19-12-8-15-23(35-3)26(19)36-28(22)30-20-13-9-14-21(17-20)34-2/h5-17H,4H2,1-3H3,(H,31,32,33). The summed E-state index contributed by atoms with van der Waals surface area (Å²) in [6.45, 7) is 2.08. The van der Waals surface area contributed by atoms with Crippen LogP contribution in [-0.4, -0.2) is 25.1 Å². The summed E-state index contributed by atoms with van der Waals surface area (Å²) < 4.78 is 17.0. The summed E-state index contributed by atoms with van der Waals surface area (Å²) in [5, 5.41) is 4.19. The maximum absolute atomic E-state index is 13.6. The number of hydrogen-bond acceptors (Lipinski definition) is 7. The van der Waals surface area contributed by atoms with Gasteiger partial charge in [-0.3, -0.25) is 10.1 Å². The van der Waals surface area contributed by atoms with Crippen molar-refractivity contribution in [3.8, 4) is 22.8 Å². The van der Waals surface area contributed by atoms with Crippen LogP contribution in [0.15, 0.2) is 88.3 Å². The molecule has 0 saturated carbocycles. The molecule has 5 rings (SSSR count). The molecule has 37 heavy (non-hydrogen) atoms. The van der Waals surface area contributed by atoms with Crippen LogP contribution in [0.25, 0.3) is 22.2 Å². The first-order valence-corrected chi connectivity index (χ1v) is 12.6. The van der Waals surface area contributed by atoms with Gasteiger partial charge in [-0.25, -0.2) is 9.98 Å². The fourth-order valence-corrected chi connectivity index (χ4v) is 4.88. The molecule has 0 aliphatic heterocycles. The number of nitrogens with zero attached hydrogens (tertiary/aromatic N) is 2. The summed E-state index contributed by atoms with van der Waals surface area (Å²) in [5.74, 6) is 0.826. The van der Waals surface area contributed by atoms with E-state index in [0.717, 1.165) is 22.6 Å². The molecule has 0 saturated heterocycles. The Bertz CT molecular complexity index is 1640. The predicted molar refractivity (Wildman–Crippen MR) is 146 cm³/mol. The van der Waals surface area contributed by atoms with Crippen molar-refractivity contribution in [1.82, 2.24) is 4.98 Å². The topological polar surface area (TPSA) is 86.0 Å². The van der Waals surface area contributed by atoms with Crippen LogP contribution >= 0.6 is 11.3 Å². The second kappa shape index (κ2) is 10.7. The summed E-state index contributed by atoms with van der Waals surface area (Å²) in [5.41, 5.74) is 3.39. The van der Waals surface area contributed by atoms with Crippen LogP contribution in [0.2, 0.25) is 0 Å². The van der Waals surface area contributed by atoms with Crippen molar-refractivity contribution in [1.29, 1.82) is 0 Å². The van der Waals surface area contributed by atoms with Crippen LogP contribution in [-0.2, 0) is 6.42 Å². The Hall–Kier alpha value is -4.43. The molecule has 1 amide bonds. The highest BCUT2D eigenvalue weighted by atomic mass is 32.1. The van der Waals surface area contributed by atoms with Gasteiger partial charge in [-0.1, -0.05) is 55.5 Å². The van der Waals surface area contributed by atoms with Crippen molar-refractivity contribution in [3.05, 3.63) is 94.9 Å². The lowest BCUT2D eigenvalue weighted by molar-refractivity contribution is 0.102. The van der Waals surface area contributed by atoms with Crippen LogP contribution in [0.4, 0.5) is 10.8 Å². The maximum Gasteiger partial charge on any atom is 0.262 e. The van der Waals surface area contributed by atoms with E-state index >= 15 is 0 Å². The number of amides is 1. The van der Waals surface area contributed by atoms with E-state index in [1.807, 2.05) is 60.7 Å². The second-order valence-electron chi connectivity index (χ2n) is 8.12. The van der Waals surface area contributed by atoms with Gasteiger partial charge in [-0.2, -0.15) is 0 Å². The van der Waals surface area contributed by atoms with Gasteiger partial charge in [0, 0.05) is 21.9 Å². The summed E-state index contributed by atoms with van der Waals surface area (Å²) in [6.07, 6.45) is 0.805. The van der Waals surface area contributed by atoms with E-state index in [1.54, 1.807) is 32.4 Å². The molecular weight excluding hydrogens is 486 g/mol. The number of carbonyl (C=O) groups excluding carboxylic acids is 1. The Morgan fingerprint density at radius 3 is 2.57 bits per heavy atom. The Kier molecular flexibility index (Phi) is 7.00. The van der Waals surface area contributed by atoms with Crippen LogP contribution in [0.1, 0.15) is 22.2 Å². The molecule has 7 nitrogen and oxygen atoms in total. The van der Waals surface area contributed by atoms with E-state index in [2.05, 4.69) is 17.2 Å². The summed E-state index contributed by atoms with van der Waals surface area (Å²) in [4.78, 5) is 24.0. The number of hydrogen-bond donors (Lipinski definition) is 1. The summed E-state index contributed by atoms with van der Waals surface area (Å²) >= 11 is 1.46. The molecule has 0 spiro atoms. The van der Waals surface area contributed by atoms with Crippen molar-refractivity contribution < 1.29 is 18.7 Å². The number of anilines is 1. The molecule has 0 radical (unpaired) electrons. The molecule has 0 fully saturated rings. The van der Waals surface area contributed by atoms with Crippen LogP contribution in [0, 0.1) is 0 Å². The smallest absolute Gasteiger partial charge is 0.262 e. The number of rotatable bonds is 7. The van der Waals surface area contributed by atoms with Crippen LogP contribution in [0.5, 0.6) is 11.5 Å². The molecule has 0 aliphatic carbocycles. The van der Waals surface area contributed by atoms with Crippen molar-refractivity contribution in [2.45, 2.75) is 13.3 Å². The molecule has 0 aliphatic rings. The van der Waals surface area contributed by atoms with Gasteiger partial charge in [0.1, 0.15) is 11.3 Å².